The van der Waals surface area contributed by atoms with Crippen LogP contribution in [0.4, 0.5) is 0 Å². The van der Waals surface area contributed by atoms with E-state index in [0.29, 0.717) is 31.1 Å². The van der Waals surface area contributed by atoms with Crippen LogP contribution in [0, 0.1) is 46.3 Å². The normalized spacial score (nSPS) is 49.1. The van der Waals surface area contributed by atoms with Crippen molar-refractivity contribution in [3.63, 3.8) is 0 Å². The van der Waals surface area contributed by atoms with Gasteiger partial charge in [-0.25, -0.2) is 0 Å². The van der Waals surface area contributed by atoms with Crippen LogP contribution in [0.5, 0.6) is 0 Å². The zero-order chi connectivity index (χ0) is 32.3. The molecule has 1 saturated heterocycles. The minimum Gasteiger partial charge on any atom is -0.394 e. The van der Waals surface area contributed by atoms with Gasteiger partial charge in [0, 0.05) is 13.0 Å². The molecule has 252 valence electrons. The largest absolute Gasteiger partial charge is 0.394 e. The maximum Gasteiger partial charge on any atom is 0.186 e. The summed E-state index contributed by atoms with van der Waals surface area (Å²) in [6, 6.07) is 0. The van der Waals surface area contributed by atoms with Gasteiger partial charge in [0.25, 0.3) is 0 Å². The van der Waals surface area contributed by atoms with Gasteiger partial charge >= 0.3 is 0 Å². The van der Waals surface area contributed by atoms with Gasteiger partial charge in [-0.1, -0.05) is 59.3 Å². The number of ether oxygens (including phenoxy) is 3. The number of methoxy groups -OCH3 is 1. The van der Waals surface area contributed by atoms with Gasteiger partial charge in [-0.3, -0.25) is 0 Å². The monoisotopic (exact) mass is 622 g/mol. The summed E-state index contributed by atoms with van der Waals surface area (Å²) >= 11 is 0. The first-order valence-corrected chi connectivity index (χ1v) is 17.0. The fourth-order valence-corrected chi connectivity index (χ4v) is 9.89. The van der Waals surface area contributed by atoms with Crippen molar-refractivity contribution >= 4 is 0 Å². The van der Waals surface area contributed by atoms with E-state index < -0.39 is 55.6 Å². The third kappa shape index (κ3) is 5.66. The lowest BCUT2D eigenvalue weighted by Gasteiger charge is -2.59. The van der Waals surface area contributed by atoms with Crippen molar-refractivity contribution in [2.75, 3.05) is 13.7 Å². The molecule has 4 aliphatic carbocycles. The van der Waals surface area contributed by atoms with Crippen molar-refractivity contribution in [2.45, 2.75) is 135 Å². The van der Waals surface area contributed by atoms with Gasteiger partial charge in [-0.05, 0) is 84.5 Å². The lowest BCUT2D eigenvalue weighted by atomic mass is 9.47. The molecule has 3 saturated carbocycles. The molecule has 0 unspecified atom stereocenters. The second-order valence-electron chi connectivity index (χ2n) is 15.6. The molecule has 0 aromatic heterocycles. The molecule has 6 N–H and O–H groups in total. The molecule has 0 radical (unpaired) electrons. The summed E-state index contributed by atoms with van der Waals surface area (Å²) in [6.07, 6.45) is 0.558. The molecule has 1 aliphatic heterocycles. The third-order valence-corrected chi connectivity index (χ3v) is 12.9. The third-order valence-electron chi connectivity index (χ3n) is 12.9. The van der Waals surface area contributed by atoms with E-state index in [2.05, 4.69) is 53.7 Å². The molecule has 0 aromatic rings. The van der Waals surface area contributed by atoms with Crippen molar-refractivity contribution in [1.82, 2.24) is 0 Å². The second-order valence-corrected chi connectivity index (χ2v) is 15.6. The van der Waals surface area contributed by atoms with Crippen LogP contribution >= 0.6 is 0 Å². The van der Waals surface area contributed by atoms with Gasteiger partial charge in [-0.2, -0.15) is 0 Å². The fraction of sp³-hybridized carbons (Fsp3) is 0.886. The van der Waals surface area contributed by atoms with Crippen LogP contribution < -0.4 is 0 Å². The van der Waals surface area contributed by atoms with Crippen molar-refractivity contribution in [3.05, 3.63) is 23.3 Å². The molecule has 9 heteroatoms. The predicted molar refractivity (Wildman–Crippen MR) is 165 cm³/mol. The number of hydrogen-bond acceptors (Lipinski definition) is 9. The Morgan fingerprint density at radius 2 is 1.66 bits per heavy atom. The van der Waals surface area contributed by atoms with E-state index in [-0.39, 0.29) is 40.6 Å². The lowest BCUT2D eigenvalue weighted by molar-refractivity contribution is -0.318. The highest BCUT2D eigenvalue weighted by molar-refractivity contribution is 5.40. The molecule has 16 atom stereocenters. The fourth-order valence-electron chi connectivity index (χ4n) is 9.89. The van der Waals surface area contributed by atoms with E-state index in [4.69, 9.17) is 14.2 Å². The molecule has 0 amide bonds. The van der Waals surface area contributed by atoms with E-state index >= 15 is 0 Å². The molecule has 0 bridgehead atoms. The quantitative estimate of drug-likeness (QED) is 0.225. The van der Waals surface area contributed by atoms with Gasteiger partial charge in [0.05, 0.1) is 24.9 Å². The van der Waals surface area contributed by atoms with Gasteiger partial charge in [-0.15, -0.1) is 0 Å². The van der Waals surface area contributed by atoms with Crippen LogP contribution in [0.3, 0.4) is 0 Å². The highest BCUT2D eigenvalue weighted by Crippen LogP contribution is 2.66. The average molecular weight is 623 g/mol. The number of rotatable bonds is 8. The predicted octanol–water partition coefficient (Wildman–Crippen LogP) is 2.95. The van der Waals surface area contributed by atoms with Crippen LogP contribution in [0.15, 0.2) is 23.3 Å². The molecule has 5 aliphatic rings. The molecule has 0 aromatic carbocycles. The smallest absolute Gasteiger partial charge is 0.186 e. The molecule has 5 rings (SSSR count). The van der Waals surface area contributed by atoms with Crippen LogP contribution in [0.2, 0.25) is 0 Å². The Balaban J connectivity index is 1.55. The summed E-state index contributed by atoms with van der Waals surface area (Å²) in [6.45, 7) is 12.9. The number of hydrogen-bond donors (Lipinski definition) is 6. The highest BCUT2D eigenvalue weighted by atomic mass is 16.7. The zero-order valence-electron chi connectivity index (χ0n) is 27.7. The molecule has 4 fully saturated rings. The Hall–Kier alpha value is -0.880. The highest BCUT2D eigenvalue weighted by Gasteiger charge is 2.62. The second kappa shape index (κ2) is 13.0. The molecular formula is C35H58O9. The van der Waals surface area contributed by atoms with Crippen molar-refractivity contribution < 1.29 is 44.8 Å². The summed E-state index contributed by atoms with van der Waals surface area (Å²) < 4.78 is 18.0. The van der Waals surface area contributed by atoms with Gasteiger partial charge in [0.2, 0.25) is 0 Å². The van der Waals surface area contributed by atoms with Crippen LogP contribution in [0.25, 0.3) is 0 Å². The van der Waals surface area contributed by atoms with Crippen molar-refractivity contribution in [2.24, 2.45) is 46.3 Å². The maximum absolute atomic E-state index is 11.8. The minimum atomic E-state index is -1.26. The van der Waals surface area contributed by atoms with E-state index in [9.17, 15) is 30.6 Å². The average Bonchev–Trinajstić information content (AvgIpc) is 3.28. The number of fused-ring (bicyclic) bond motifs is 4. The van der Waals surface area contributed by atoms with E-state index in [0.717, 1.165) is 30.4 Å². The first kappa shape index (κ1) is 34.5. The Bertz CT molecular complexity index is 1080. The summed E-state index contributed by atoms with van der Waals surface area (Å²) in [5.74, 6) is 0.918. The van der Waals surface area contributed by atoms with E-state index in [1.165, 1.54) is 7.11 Å². The first-order chi connectivity index (χ1) is 20.7. The Morgan fingerprint density at radius 1 is 0.955 bits per heavy atom. The number of aliphatic hydroxyl groups is 6. The molecular weight excluding hydrogens is 564 g/mol. The standard InChI is InChI=1S/C35H58O9/c1-17(2)18(3)8-9-19(4)27-24(43-33-31(41)32(42-7)29(39)25(16-36)44-33)15-22-26-21(11-13-35(22,27)6)34(5)12-10-20(37)14-23(34)28(38)30(26)40/h8-9,17-21,23-25,27-33,36-41H,10-16H2,1-7H3/b9-8+/t18-,19-,20-,21+,23-,24-,25-,27+,28+,29-,30-,31-,32+,33-,34-,35+/m1/s1. The van der Waals surface area contributed by atoms with Crippen molar-refractivity contribution in [1.29, 1.82) is 0 Å². The summed E-state index contributed by atoms with van der Waals surface area (Å²) in [7, 11) is 1.41. The summed E-state index contributed by atoms with van der Waals surface area (Å²) in [5.41, 5.74) is 1.56. The minimum absolute atomic E-state index is 0.0131. The Morgan fingerprint density at radius 3 is 2.30 bits per heavy atom. The van der Waals surface area contributed by atoms with Gasteiger partial charge in [0.15, 0.2) is 6.29 Å². The SMILES string of the molecule is CO[C@@H]1[C@@H](O)[C@H](O[C@@H]2CC3=C4[C@@H](O)[C@@H](O)[C@H]5C[C@H](O)CC[C@]5(C)[C@H]4CC[C@]3(C)[C@H]2[C@H](C)/C=C/[C@@H](C)C(C)C)O[C@H](CO)[C@H]1O. The molecule has 1 heterocycles. The summed E-state index contributed by atoms with van der Waals surface area (Å²) in [5, 5.41) is 65.4. The van der Waals surface area contributed by atoms with Crippen LogP contribution in [-0.4, -0.2) is 99.5 Å². The maximum atomic E-state index is 11.8. The van der Waals surface area contributed by atoms with Gasteiger partial charge < -0.3 is 44.8 Å². The zero-order valence-corrected chi connectivity index (χ0v) is 27.7. The Kier molecular flexibility index (Phi) is 10.2. The van der Waals surface area contributed by atoms with Crippen LogP contribution in [-0.2, 0) is 14.2 Å². The molecule has 9 nitrogen and oxygen atoms in total. The van der Waals surface area contributed by atoms with Crippen molar-refractivity contribution in [3.8, 4) is 0 Å². The molecule has 44 heavy (non-hydrogen) atoms. The van der Waals surface area contributed by atoms with Gasteiger partial charge in [0.1, 0.15) is 30.5 Å². The summed E-state index contributed by atoms with van der Waals surface area (Å²) in [4.78, 5) is 0. The topological polar surface area (TPSA) is 149 Å². The number of allylic oxidation sites excluding steroid dienone is 2. The Labute approximate surface area is 263 Å². The van der Waals surface area contributed by atoms with E-state index in [1.54, 1.807) is 0 Å². The van der Waals surface area contributed by atoms with Crippen LogP contribution in [0.1, 0.15) is 80.1 Å². The first-order valence-electron chi connectivity index (χ1n) is 17.0. The van der Waals surface area contributed by atoms with E-state index in [1.807, 2.05) is 0 Å². The lowest BCUT2D eigenvalue weighted by Crippen LogP contribution is -2.60. The number of aliphatic hydroxyl groups excluding tert-OH is 6. The molecule has 0 spiro atoms.